The van der Waals surface area contributed by atoms with Gasteiger partial charge in [-0.2, -0.15) is 0 Å². The van der Waals surface area contributed by atoms with Crippen molar-refractivity contribution in [3.8, 4) is 0 Å². The molecule has 1 aliphatic heterocycles. The minimum Gasteiger partial charge on any atom is -0.381 e. The van der Waals surface area contributed by atoms with E-state index in [1.807, 2.05) is 25.1 Å². The number of carbonyl (C=O) groups is 1. The van der Waals surface area contributed by atoms with Gasteiger partial charge in [0.2, 0.25) is 0 Å². The van der Waals surface area contributed by atoms with E-state index >= 15 is 0 Å². The summed E-state index contributed by atoms with van der Waals surface area (Å²) < 4.78 is 5.41. The Morgan fingerprint density at radius 3 is 2.97 bits per heavy atom. The molecule has 4 aromatic rings. The molecule has 33 heavy (non-hydrogen) atoms. The van der Waals surface area contributed by atoms with Gasteiger partial charge in [0.1, 0.15) is 22.4 Å². The largest absolute Gasteiger partial charge is 0.381 e. The molecule has 1 fully saturated rings. The van der Waals surface area contributed by atoms with Crippen LogP contribution in [-0.2, 0) is 4.74 Å². The molecular formula is C23H23ClN6O2S. The zero-order valence-electron chi connectivity index (χ0n) is 18.0. The van der Waals surface area contributed by atoms with Gasteiger partial charge in [-0.15, -0.1) is 11.3 Å². The number of carbonyl (C=O) groups excluding carboxylic acids is 1. The van der Waals surface area contributed by atoms with Gasteiger partial charge in [0.05, 0.1) is 22.3 Å². The SMILES string of the molecule is CC(Nc1ncnc2scnc12)c1cc2cccc(Cl)c2c(C(=O)NCC2CCOCC2)n1. The molecule has 1 atom stereocenters. The maximum absolute atomic E-state index is 13.2. The van der Waals surface area contributed by atoms with Crippen LogP contribution < -0.4 is 10.6 Å². The lowest BCUT2D eigenvalue weighted by molar-refractivity contribution is 0.0642. The summed E-state index contributed by atoms with van der Waals surface area (Å²) in [5.41, 5.74) is 3.50. The Balaban J connectivity index is 1.45. The van der Waals surface area contributed by atoms with E-state index in [1.165, 1.54) is 17.7 Å². The molecule has 1 amide bonds. The van der Waals surface area contributed by atoms with E-state index in [-0.39, 0.29) is 11.9 Å². The summed E-state index contributed by atoms with van der Waals surface area (Å²) in [6.45, 7) is 4.04. The Kier molecular flexibility index (Phi) is 6.34. The lowest BCUT2D eigenvalue weighted by atomic mass is 10.00. The van der Waals surface area contributed by atoms with Crippen molar-refractivity contribution in [1.29, 1.82) is 0 Å². The molecule has 4 heterocycles. The summed E-state index contributed by atoms with van der Waals surface area (Å²) in [5.74, 6) is 0.816. The van der Waals surface area contributed by atoms with Gasteiger partial charge >= 0.3 is 0 Å². The third kappa shape index (κ3) is 4.62. The van der Waals surface area contributed by atoms with Crippen molar-refractivity contribution in [3.05, 3.63) is 52.5 Å². The van der Waals surface area contributed by atoms with Gasteiger partial charge < -0.3 is 15.4 Å². The van der Waals surface area contributed by atoms with Gasteiger partial charge in [0.15, 0.2) is 5.82 Å². The predicted octanol–water partition coefficient (Wildman–Crippen LogP) is 4.62. The second-order valence-electron chi connectivity index (χ2n) is 8.09. The minimum absolute atomic E-state index is 0.224. The van der Waals surface area contributed by atoms with Crippen molar-refractivity contribution in [2.45, 2.75) is 25.8 Å². The molecule has 10 heteroatoms. The number of anilines is 1. The van der Waals surface area contributed by atoms with Gasteiger partial charge in [-0.3, -0.25) is 4.79 Å². The molecule has 8 nitrogen and oxygen atoms in total. The van der Waals surface area contributed by atoms with E-state index in [0.717, 1.165) is 36.3 Å². The van der Waals surface area contributed by atoms with E-state index in [2.05, 4.69) is 25.6 Å². The molecule has 170 valence electrons. The number of nitrogens with zero attached hydrogens (tertiary/aromatic N) is 4. The van der Waals surface area contributed by atoms with Crippen molar-refractivity contribution in [3.63, 3.8) is 0 Å². The van der Waals surface area contributed by atoms with Crippen LogP contribution in [0.25, 0.3) is 21.1 Å². The number of rotatable bonds is 6. The second kappa shape index (κ2) is 9.54. The quantitative estimate of drug-likeness (QED) is 0.413. The van der Waals surface area contributed by atoms with Gasteiger partial charge in [-0.25, -0.2) is 19.9 Å². The van der Waals surface area contributed by atoms with Crippen LogP contribution in [-0.4, -0.2) is 45.6 Å². The molecular weight excluding hydrogens is 460 g/mol. The Morgan fingerprint density at radius 1 is 1.27 bits per heavy atom. The normalized spacial score (nSPS) is 15.6. The number of hydrogen-bond donors (Lipinski definition) is 2. The summed E-state index contributed by atoms with van der Waals surface area (Å²) in [6.07, 6.45) is 3.40. The third-order valence-electron chi connectivity index (χ3n) is 5.87. The molecule has 1 aromatic carbocycles. The second-order valence-corrected chi connectivity index (χ2v) is 9.33. The van der Waals surface area contributed by atoms with Crippen LogP contribution in [0.1, 0.15) is 42.0 Å². The number of pyridine rings is 1. The Morgan fingerprint density at radius 2 is 2.12 bits per heavy atom. The topological polar surface area (TPSA) is 102 Å². The van der Waals surface area contributed by atoms with E-state index in [1.54, 1.807) is 11.6 Å². The smallest absolute Gasteiger partial charge is 0.270 e. The summed E-state index contributed by atoms with van der Waals surface area (Å²) in [7, 11) is 0. The molecule has 1 saturated heterocycles. The number of aromatic nitrogens is 4. The number of fused-ring (bicyclic) bond motifs is 2. The average molecular weight is 483 g/mol. The Labute approximate surface area is 199 Å². The van der Waals surface area contributed by atoms with Crippen LogP contribution in [0.4, 0.5) is 5.82 Å². The van der Waals surface area contributed by atoms with Crippen molar-refractivity contribution in [2.24, 2.45) is 5.92 Å². The minimum atomic E-state index is -0.227. The van der Waals surface area contributed by atoms with Crippen molar-refractivity contribution in [1.82, 2.24) is 25.3 Å². The highest BCUT2D eigenvalue weighted by Crippen LogP contribution is 2.30. The molecule has 3 aromatic heterocycles. The van der Waals surface area contributed by atoms with E-state index < -0.39 is 0 Å². The molecule has 0 bridgehead atoms. The highest BCUT2D eigenvalue weighted by atomic mass is 35.5. The van der Waals surface area contributed by atoms with Gasteiger partial charge in [0, 0.05) is 25.1 Å². The number of halogens is 1. The number of nitrogens with one attached hydrogen (secondary N) is 2. The summed E-state index contributed by atoms with van der Waals surface area (Å²) >= 11 is 7.95. The predicted molar refractivity (Wildman–Crippen MR) is 130 cm³/mol. The first-order valence-corrected chi connectivity index (χ1v) is 12.1. The van der Waals surface area contributed by atoms with Crippen LogP contribution in [0.2, 0.25) is 5.02 Å². The highest BCUT2D eigenvalue weighted by molar-refractivity contribution is 7.16. The van der Waals surface area contributed by atoms with Crippen LogP contribution in [0, 0.1) is 5.92 Å². The lowest BCUT2D eigenvalue weighted by Gasteiger charge is -2.22. The zero-order valence-corrected chi connectivity index (χ0v) is 19.6. The molecule has 0 aliphatic carbocycles. The van der Waals surface area contributed by atoms with Crippen LogP contribution >= 0.6 is 22.9 Å². The third-order valence-corrected chi connectivity index (χ3v) is 6.91. The fourth-order valence-corrected chi connectivity index (χ4v) is 4.92. The van der Waals surface area contributed by atoms with Crippen LogP contribution in [0.5, 0.6) is 0 Å². The first-order valence-electron chi connectivity index (χ1n) is 10.9. The molecule has 0 spiro atoms. The van der Waals surface area contributed by atoms with Gasteiger partial charge in [-0.1, -0.05) is 23.7 Å². The molecule has 0 saturated carbocycles. The molecule has 1 unspecified atom stereocenters. The number of benzene rings is 1. The van der Waals surface area contributed by atoms with E-state index in [4.69, 9.17) is 21.3 Å². The van der Waals surface area contributed by atoms with Crippen LogP contribution in [0.3, 0.4) is 0 Å². The summed E-state index contributed by atoms with van der Waals surface area (Å²) in [6, 6.07) is 7.32. The van der Waals surface area contributed by atoms with Gasteiger partial charge in [-0.05, 0) is 43.2 Å². The molecule has 2 N–H and O–H groups in total. The van der Waals surface area contributed by atoms with Crippen molar-refractivity contribution >= 4 is 55.8 Å². The lowest BCUT2D eigenvalue weighted by Crippen LogP contribution is -2.33. The Bertz CT molecular complexity index is 1310. The number of amides is 1. The maximum Gasteiger partial charge on any atom is 0.270 e. The fourth-order valence-electron chi connectivity index (χ4n) is 4.02. The standard InChI is InChI=1S/C23H23ClN6O2S/c1-13(29-21-20-23(27-11-26-21)33-12-28-20)17-9-15-3-2-4-16(24)18(15)19(30-17)22(31)25-10-14-5-7-32-8-6-14/h2-4,9,11-14H,5-8,10H2,1H3,(H,25,31)(H,26,27,29). The van der Waals surface area contributed by atoms with Gasteiger partial charge in [0.25, 0.3) is 5.91 Å². The molecule has 1 aliphatic rings. The summed E-state index contributed by atoms with van der Waals surface area (Å²) in [5, 5.41) is 8.45. The van der Waals surface area contributed by atoms with E-state index in [0.29, 0.717) is 45.6 Å². The number of ether oxygens (including phenoxy) is 1. The monoisotopic (exact) mass is 482 g/mol. The zero-order chi connectivity index (χ0) is 22.8. The van der Waals surface area contributed by atoms with E-state index in [9.17, 15) is 4.79 Å². The highest BCUT2D eigenvalue weighted by Gasteiger charge is 2.21. The Hall–Kier alpha value is -2.88. The first kappa shape index (κ1) is 21.9. The van der Waals surface area contributed by atoms with Crippen molar-refractivity contribution in [2.75, 3.05) is 25.1 Å². The molecule has 0 radical (unpaired) electrons. The van der Waals surface area contributed by atoms with Crippen LogP contribution in [0.15, 0.2) is 36.1 Å². The number of thiazole rings is 1. The summed E-state index contributed by atoms with van der Waals surface area (Å²) in [4.78, 5) is 31.7. The maximum atomic E-state index is 13.2. The fraction of sp³-hybridized carbons (Fsp3) is 0.348. The number of hydrogen-bond acceptors (Lipinski definition) is 8. The average Bonchev–Trinajstić information content (AvgIpc) is 3.33. The van der Waals surface area contributed by atoms with Crippen molar-refractivity contribution < 1.29 is 9.53 Å². The first-order chi connectivity index (χ1) is 16.1. The molecule has 5 rings (SSSR count).